The Labute approximate surface area is 696 Å². The lowest BCUT2D eigenvalue weighted by molar-refractivity contribution is -0.137. The van der Waals surface area contributed by atoms with Gasteiger partial charge in [-0.2, -0.15) is 0 Å². The first kappa shape index (κ1) is 82.6. The zero-order valence-corrected chi connectivity index (χ0v) is 66.2. The Morgan fingerprint density at radius 3 is 1.10 bits per heavy atom. The van der Waals surface area contributed by atoms with Crippen molar-refractivity contribution in [1.29, 1.82) is 0 Å². The number of rotatable bonds is 31. The van der Waals surface area contributed by atoms with Gasteiger partial charge in [-0.05, 0) is 179 Å². The Kier molecular flexibility index (Phi) is 29.4. The SMILES string of the molecule is O=C(O)CCc1cccc(COc2cccc(OCc3ccc4ccccc4n3)c2)c1.O=C(O)Cc1cccc(COc2cccc(OCc3ccc4ccccc4n3)c2)c1.O=C(O)c1ccc(COc2ccc(SCc3ccc4ccccc4n3)cc2)cc1.O=C(O)c1cccc(COc2cccc(SCc3ccc4ccccc4n3)c2)c1. The van der Waals surface area contributed by atoms with Crippen molar-refractivity contribution in [3.05, 3.63) is 407 Å². The van der Waals surface area contributed by atoms with Crippen LogP contribution in [-0.2, 0) is 73.6 Å². The summed E-state index contributed by atoms with van der Waals surface area (Å²) in [6.07, 6.45) is 0.630. The number of fused-ring (bicyclic) bond motifs is 4. The highest BCUT2D eigenvalue weighted by atomic mass is 32.2. The zero-order valence-electron chi connectivity index (χ0n) is 64.6. The molecule has 0 spiro atoms. The molecule has 0 bridgehead atoms. The van der Waals surface area contributed by atoms with Gasteiger partial charge in [0.15, 0.2) is 0 Å². The van der Waals surface area contributed by atoms with Crippen LogP contribution in [0.3, 0.4) is 0 Å². The molecule has 12 aromatic carbocycles. The molecule has 0 unspecified atom stereocenters. The molecule has 594 valence electrons. The fourth-order valence-electron chi connectivity index (χ4n) is 12.3. The number of benzene rings is 12. The minimum Gasteiger partial charge on any atom is -0.489 e. The normalized spacial score (nSPS) is 10.7. The first-order valence-electron chi connectivity index (χ1n) is 38.2. The molecule has 119 heavy (non-hydrogen) atoms. The summed E-state index contributed by atoms with van der Waals surface area (Å²) in [6, 6.07) is 108. The topological polar surface area (TPSA) is 256 Å². The van der Waals surface area contributed by atoms with Gasteiger partial charge in [-0.1, -0.05) is 188 Å². The van der Waals surface area contributed by atoms with Crippen LogP contribution in [0.25, 0.3) is 43.6 Å². The standard InChI is InChI=1S/C26H23NO4.C25H21NO4.2C24H19NO3S/c28-26(29)14-11-19-5-3-6-20(15-19)17-30-23-8-4-9-24(16-23)31-18-22-13-12-21-7-1-2-10-25(21)27-22;27-25(28)14-18-5-3-6-19(13-18)16-29-22-8-4-9-23(15-22)30-17-21-12-11-20-7-1-2-10-24(20)26-21;26-24(27)19-7-3-5-17(13-19)15-28-21-8-4-9-22(14-21)29-16-20-12-11-18-6-1-2-10-23(18)25-20;26-24(27)19-7-5-17(6-8-19)15-28-21-11-13-22(14-12-21)29-16-20-10-9-18-3-1-2-4-23(18)25-20/h1-10,12-13,15-16H,11,14,17-18H2,(H,28,29);1-13,15H,14,16-17H2,(H,27,28);2*1-14H,15-16H2,(H,26,27). The molecule has 0 atom stereocenters. The van der Waals surface area contributed by atoms with Crippen molar-refractivity contribution in [3.63, 3.8) is 0 Å². The molecule has 16 aromatic rings. The van der Waals surface area contributed by atoms with Gasteiger partial charge in [-0.15, -0.1) is 23.5 Å². The maximum atomic E-state index is 11.1. The van der Waals surface area contributed by atoms with Gasteiger partial charge in [0.1, 0.15) is 74.1 Å². The lowest BCUT2D eigenvalue weighted by Crippen LogP contribution is -2.02. The minimum absolute atomic E-state index is 0.0000270. The number of pyridine rings is 4. The maximum absolute atomic E-state index is 11.1. The molecule has 0 aliphatic rings. The summed E-state index contributed by atoms with van der Waals surface area (Å²) in [7, 11) is 0. The number of carbonyl (C=O) groups is 4. The number of aryl methyl sites for hydroxylation is 1. The van der Waals surface area contributed by atoms with Gasteiger partial charge < -0.3 is 48.8 Å². The Bertz CT molecular complexity index is 6130. The summed E-state index contributed by atoms with van der Waals surface area (Å²) in [6.45, 7) is 2.21. The predicted octanol–water partition coefficient (Wildman–Crippen LogP) is 22.0. The van der Waals surface area contributed by atoms with Crippen molar-refractivity contribution in [1.82, 2.24) is 19.9 Å². The summed E-state index contributed by atoms with van der Waals surface area (Å²) in [5.74, 6) is 2.40. The molecule has 4 N–H and O–H groups in total. The Morgan fingerprint density at radius 1 is 0.261 bits per heavy atom. The summed E-state index contributed by atoms with van der Waals surface area (Å²) in [5.41, 5.74) is 13.7. The average Bonchev–Trinajstić information content (AvgIpc) is 0.768. The highest BCUT2D eigenvalue weighted by Gasteiger charge is 2.12. The van der Waals surface area contributed by atoms with Crippen LogP contribution in [0.4, 0.5) is 0 Å². The number of carboxylic acid groups (broad SMARTS) is 4. The largest absolute Gasteiger partial charge is 0.489 e. The van der Waals surface area contributed by atoms with E-state index < -0.39 is 23.9 Å². The summed E-state index contributed by atoms with van der Waals surface area (Å²) in [5, 5.41) is 40.3. The number of hydrogen-bond donors (Lipinski definition) is 4. The summed E-state index contributed by atoms with van der Waals surface area (Å²) < 4.78 is 35.2. The quantitative estimate of drug-likeness (QED) is 0.0295. The number of hydrogen-bond acceptors (Lipinski definition) is 16. The van der Waals surface area contributed by atoms with Crippen molar-refractivity contribution in [2.24, 2.45) is 0 Å². The molecule has 0 saturated carbocycles. The van der Waals surface area contributed by atoms with Crippen molar-refractivity contribution < 1.29 is 68.0 Å². The van der Waals surface area contributed by atoms with Gasteiger partial charge in [0.25, 0.3) is 0 Å². The van der Waals surface area contributed by atoms with Gasteiger partial charge in [0, 0.05) is 61.4 Å². The summed E-state index contributed by atoms with van der Waals surface area (Å²) in [4.78, 5) is 64.5. The third-order valence-electron chi connectivity index (χ3n) is 18.4. The number of para-hydroxylation sites is 4. The second kappa shape index (κ2) is 42.3. The van der Waals surface area contributed by atoms with Crippen LogP contribution in [0.2, 0.25) is 0 Å². The smallest absolute Gasteiger partial charge is 0.335 e. The van der Waals surface area contributed by atoms with Gasteiger partial charge in [0.2, 0.25) is 0 Å². The van der Waals surface area contributed by atoms with Crippen molar-refractivity contribution in [2.75, 3.05) is 0 Å². The van der Waals surface area contributed by atoms with Gasteiger partial charge in [-0.25, -0.2) is 19.6 Å². The molecule has 16 rings (SSSR count). The average molecular weight is 1620 g/mol. The minimum atomic E-state index is -0.937. The van der Waals surface area contributed by atoms with Gasteiger partial charge in [-0.3, -0.25) is 19.6 Å². The van der Waals surface area contributed by atoms with Crippen LogP contribution in [0, 0.1) is 0 Å². The molecule has 0 radical (unpaired) electrons. The lowest BCUT2D eigenvalue weighted by atomic mass is 10.1. The molecule has 20 heteroatoms. The zero-order chi connectivity index (χ0) is 82.3. The molecule has 0 aliphatic heterocycles. The first-order chi connectivity index (χ1) is 58.1. The van der Waals surface area contributed by atoms with Crippen LogP contribution in [0.5, 0.6) is 34.5 Å². The van der Waals surface area contributed by atoms with Crippen LogP contribution in [0.15, 0.2) is 350 Å². The number of aromatic nitrogens is 4. The van der Waals surface area contributed by atoms with Gasteiger partial charge >= 0.3 is 23.9 Å². The molecule has 0 amide bonds. The molecule has 4 aromatic heterocycles. The second-order valence-corrected chi connectivity index (χ2v) is 29.4. The van der Waals surface area contributed by atoms with Gasteiger partial charge in [0.05, 0.1) is 62.4 Å². The van der Waals surface area contributed by atoms with E-state index in [-0.39, 0.29) is 24.0 Å². The van der Waals surface area contributed by atoms with E-state index in [2.05, 4.69) is 46.4 Å². The second-order valence-electron chi connectivity index (χ2n) is 27.3. The molecule has 0 saturated heterocycles. The Morgan fingerprint density at radius 2 is 0.630 bits per heavy atom. The van der Waals surface area contributed by atoms with E-state index in [9.17, 15) is 19.2 Å². The molecule has 0 aliphatic carbocycles. The number of carboxylic acids is 4. The van der Waals surface area contributed by atoms with Crippen molar-refractivity contribution >= 4 is 91.0 Å². The fraction of sp³-hybridized carbons (Fsp3) is 0.111. The molecular weight excluding hydrogens is 1530 g/mol. The Balaban J connectivity index is 0.000000137. The van der Waals surface area contributed by atoms with Crippen LogP contribution < -0.4 is 28.4 Å². The lowest BCUT2D eigenvalue weighted by Gasteiger charge is -2.10. The Hall–Kier alpha value is -14.3. The number of thioether (sulfide) groups is 2. The van der Waals surface area contributed by atoms with E-state index in [0.717, 1.165) is 133 Å². The first-order valence-corrected chi connectivity index (χ1v) is 40.2. The van der Waals surface area contributed by atoms with E-state index in [1.54, 1.807) is 72.1 Å². The van der Waals surface area contributed by atoms with Crippen molar-refractivity contribution in [3.8, 4) is 34.5 Å². The number of aromatic carboxylic acids is 2. The highest BCUT2D eigenvalue weighted by molar-refractivity contribution is 7.98. The van der Waals surface area contributed by atoms with E-state index in [1.165, 1.54) is 0 Å². The third kappa shape index (κ3) is 26.1. The molecule has 4 heterocycles. The highest BCUT2D eigenvalue weighted by Crippen LogP contribution is 2.31. The third-order valence-corrected chi connectivity index (χ3v) is 20.4. The van der Waals surface area contributed by atoms with E-state index in [4.69, 9.17) is 58.8 Å². The maximum Gasteiger partial charge on any atom is 0.335 e. The van der Waals surface area contributed by atoms with E-state index in [1.807, 2.05) is 255 Å². The molecular formula is C99H82N4O14S2. The number of ether oxygens (including phenoxy) is 6. The number of nitrogens with zero attached hydrogens (tertiary/aromatic N) is 4. The van der Waals surface area contributed by atoms with Crippen molar-refractivity contribution in [2.45, 2.75) is 80.2 Å². The predicted molar refractivity (Wildman–Crippen MR) is 465 cm³/mol. The molecule has 18 nitrogen and oxygen atoms in total. The molecule has 0 fully saturated rings. The van der Waals surface area contributed by atoms with E-state index >= 15 is 0 Å². The monoisotopic (exact) mass is 1610 g/mol. The fourth-order valence-corrected chi connectivity index (χ4v) is 14.0. The van der Waals surface area contributed by atoms with Crippen LogP contribution in [-0.4, -0.2) is 64.2 Å². The number of aliphatic carboxylic acids is 2. The summed E-state index contributed by atoms with van der Waals surface area (Å²) >= 11 is 3.44. The van der Waals surface area contributed by atoms with Crippen LogP contribution in [0.1, 0.15) is 83.3 Å². The van der Waals surface area contributed by atoms with E-state index in [0.29, 0.717) is 69.1 Å². The van der Waals surface area contributed by atoms with Crippen LogP contribution >= 0.6 is 23.5 Å².